The number of rotatable bonds is 2. The fourth-order valence-corrected chi connectivity index (χ4v) is 2.70. The Morgan fingerprint density at radius 1 is 1.26 bits per heavy atom. The first-order valence-electron chi connectivity index (χ1n) is 5.70. The van der Waals surface area contributed by atoms with E-state index in [2.05, 4.69) is 9.97 Å². The number of aromatic nitrogens is 2. The van der Waals surface area contributed by atoms with E-state index in [0.717, 1.165) is 26.5 Å². The van der Waals surface area contributed by atoms with Crippen LogP contribution in [0, 0.1) is 6.92 Å². The summed E-state index contributed by atoms with van der Waals surface area (Å²) in [5, 5.41) is 9.87. The quantitative estimate of drug-likeness (QED) is 0.775. The predicted molar refractivity (Wildman–Crippen MR) is 74.5 cm³/mol. The molecule has 0 aliphatic heterocycles. The summed E-state index contributed by atoms with van der Waals surface area (Å²) in [6.07, 6.45) is 1.37. The van der Waals surface area contributed by atoms with Crippen molar-refractivity contribution in [1.82, 2.24) is 9.97 Å². The fourth-order valence-electron chi connectivity index (χ4n) is 1.89. The monoisotopic (exact) mass is 270 g/mol. The number of hydrogen-bond donors (Lipinski definition) is 1. The number of aryl methyl sites for hydroxylation is 1. The van der Waals surface area contributed by atoms with Crippen LogP contribution in [0.5, 0.6) is 0 Å². The Hall–Kier alpha value is -2.27. The average Bonchev–Trinajstić information content (AvgIpc) is 2.77. The molecule has 0 unspecified atom stereocenters. The topological polar surface area (TPSA) is 63.1 Å². The van der Waals surface area contributed by atoms with Crippen molar-refractivity contribution in [1.29, 1.82) is 0 Å². The minimum atomic E-state index is -0.968. The van der Waals surface area contributed by atoms with E-state index in [-0.39, 0.29) is 5.56 Å². The van der Waals surface area contributed by atoms with Gasteiger partial charge in [0.15, 0.2) is 0 Å². The van der Waals surface area contributed by atoms with Crippen molar-refractivity contribution in [2.75, 3.05) is 0 Å². The van der Waals surface area contributed by atoms with Gasteiger partial charge in [-0.3, -0.25) is 4.98 Å². The van der Waals surface area contributed by atoms with E-state index in [1.54, 1.807) is 23.5 Å². The minimum absolute atomic E-state index is 0.189. The van der Waals surface area contributed by atoms with Crippen LogP contribution in [-0.4, -0.2) is 21.0 Å². The van der Waals surface area contributed by atoms with Crippen LogP contribution in [0.25, 0.3) is 21.5 Å². The first-order valence-corrected chi connectivity index (χ1v) is 6.52. The molecule has 2 aromatic heterocycles. The number of benzene rings is 1. The van der Waals surface area contributed by atoms with Crippen LogP contribution in [0.1, 0.15) is 15.4 Å². The maximum atomic E-state index is 10.8. The van der Waals surface area contributed by atoms with Crippen molar-refractivity contribution in [2.24, 2.45) is 0 Å². The lowest BCUT2D eigenvalue weighted by Crippen LogP contribution is -1.96. The Bertz CT molecular complexity index is 763. The van der Waals surface area contributed by atoms with Crippen LogP contribution in [0.4, 0.5) is 0 Å². The summed E-state index contributed by atoms with van der Waals surface area (Å²) in [4.78, 5) is 19.4. The van der Waals surface area contributed by atoms with Crippen molar-refractivity contribution < 1.29 is 9.90 Å². The molecule has 4 nitrogen and oxygen atoms in total. The maximum Gasteiger partial charge on any atom is 0.337 e. The highest BCUT2D eigenvalue weighted by Gasteiger charge is 2.06. The second kappa shape index (κ2) is 4.44. The molecule has 1 N–H and O–H groups in total. The van der Waals surface area contributed by atoms with Crippen molar-refractivity contribution in [3.05, 3.63) is 47.1 Å². The molecule has 2 heterocycles. The van der Waals surface area contributed by atoms with E-state index >= 15 is 0 Å². The Kier molecular flexibility index (Phi) is 2.76. The van der Waals surface area contributed by atoms with Crippen molar-refractivity contribution >= 4 is 27.5 Å². The van der Waals surface area contributed by atoms with Crippen LogP contribution >= 0.6 is 11.3 Å². The third-order valence-corrected chi connectivity index (χ3v) is 3.75. The molecule has 5 heteroatoms. The van der Waals surface area contributed by atoms with Gasteiger partial charge in [-0.05, 0) is 31.2 Å². The normalized spacial score (nSPS) is 10.8. The molecule has 0 aliphatic carbocycles. The number of pyridine rings is 1. The second-order valence-corrected chi connectivity index (χ2v) is 5.39. The maximum absolute atomic E-state index is 10.8. The summed E-state index contributed by atoms with van der Waals surface area (Å²) >= 11 is 1.65. The van der Waals surface area contributed by atoms with E-state index in [4.69, 9.17) is 5.11 Å². The number of aromatic carboxylic acids is 1. The highest BCUT2D eigenvalue weighted by Crippen LogP contribution is 2.26. The first-order chi connectivity index (χ1) is 9.13. The van der Waals surface area contributed by atoms with Gasteiger partial charge in [-0.25, -0.2) is 9.78 Å². The van der Waals surface area contributed by atoms with Crippen LogP contribution in [-0.2, 0) is 0 Å². The third-order valence-electron chi connectivity index (χ3n) is 2.80. The van der Waals surface area contributed by atoms with Gasteiger partial charge in [0.2, 0.25) is 0 Å². The molecule has 0 bridgehead atoms. The molecular weight excluding hydrogens is 260 g/mol. The number of hydrogen-bond acceptors (Lipinski definition) is 4. The SMILES string of the molecule is Cc1nc2cc(-c3ccc(C(=O)O)cn3)ccc2s1. The molecule has 3 rings (SSSR count). The Morgan fingerprint density at radius 3 is 2.79 bits per heavy atom. The molecule has 0 spiro atoms. The lowest BCUT2D eigenvalue weighted by atomic mass is 10.1. The number of thiazole rings is 1. The lowest BCUT2D eigenvalue weighted by molar-refractivity contribution is 0.0696. The smallest absolute Gasteiger partial charge is 0.337 e. The van der Waals surface area contributed by atoms with Gasteiger partial charge < -0.3 is 5.11 Å². The third kappa shape index (κ3) is 2.20. The average molecular weight is 270 g/mol. The van der Waals surface area contributed by atoms with E-state index in [0.29, 0.717) is 0 Å². The number of fused-ring (bicyclic) bond motifs is 1. The largest absolute Gasteiger partial charge is 0.478 e. The number of nitrogens with zero attached hydrogens (tertiary/aromatic N) is 2. The Morgan fingerprint density at radius 2 is 2.11 bits per heavy atom. The number of carbonyl (C=O) groups is 1. The minimum Gasteiger partial charge on any atom is -0.478 e. The zero-order valence-corrected chi connectivity index (χ0v) is 10.9. The van der Waals surface area contributed by atoms with E-state index in [1.165, 1.54) is 6.20 Å². The summed E-state index contributed by atoms with van der Waals surface area (Å²) in [5.41, 5.74) is 2.82. The molecule has 0 radical (unpaired) electrons. The summed E-state index contributed by atoms with van der Waals surface area (Å²) in [7, 11) is 0. The van der Waals surface area contributed by atoms with Crippen LogP contribution < -0.4 is 0 Å². The molecule has 0 atom stereocenters. The number of carboxylic acid groups (broad SMARTS) is 1. The molecule has 94 valence electrons. The zero-order chi connectivity index (χ0) is 13.4. The van der Waals surface area contributed by atoms with Gasteiger partial charge in [0.05, 0.1) is 26.5 Å². The summed E-state index contributed by atoms with van der Waals surface area (Å²) in [6.45, 7) is 1.98. The summed E-state index contributed by atoms with van der Waals surface area (Å²) < 4.78 is 1.14. The summed E-state index contributed by atoms with van der Waals surface area (Å²) in [5.74, 6) is -0.968. The van der Waals surface area contributed by atoms with Gasteiger partial charge in [-0.2, -0.15) is 0 Å². The van der Waals surface area contributed by atoms with E-state index in [1.807, 2.05) is 25.1 Å². The zero-order valence-electron chi connectivity index (χ0n) is 10.1. The Balaban J connectivity index is 2.05. The van der Waals surface area contributed by atoms with Gasteiger partial charge in [-0.15, -0.1) is 11.3 Å². The lowest BCUT2D eigenvalue weighted by Gasteiger charge is -2.01. The van der Waals surface area contributed by atoms with Crippen LogP contribution in [0.3, 0.4) is 0 Å². The molecule has 0 saturated heterocycles. The van der Waals surface area contributed by atoms with Gasteiger partial charge >= 0.3 is 5.97 Å². The van der Waals surface area contributed by atoms with E-state index in [9.17, 15) is 4.79 Å². The van der Waals surface area contributed by atoms with Gasteiger partial charge in [0.25, 0.3) is 0 Å². The molecule has 0 fully saturated rings. The van der Waals surface area contributed by atoms with Crippen LogP contribution in [0.2, 0.25) is 0 Å². The second-order valence-electron chi connectivity index (χ2n) is 4.15. The molecular formula is C14H10N2O2S. The molecule has 0 amide bonds. The van der Waals surface area contributed by atoms with Gasteiger partial charge in [-0.1, -0.05) is 6.07 Å². The fraction of sp³-hybridized carbons (Fsp3) is 0.0714. The molecule has 3 aromatic rings. The van der Waals surface area contributed by atoms with Gasteiger partial charge in [0, 0.05) is 11.8 Å². The first kappa shape index (κ1) is 11.8. The van der Waals surface area contributed by atoms with Crippen molar-refractivity contribution in [3.63, 3.8) is 0 Å². The summed E-state index contributed by atoms with van der Waals surface area (Å²) in [6, 6.07) is 9.23. The standard InChI is InChI=1S/C14H10N2O2S/c1-8-16-12-6-9(3-5-13(12)19-8)11-4-2-10(7-15-11)14(17)18/h2-7H,1H3,(H,17,18). The predicted octanol–water partition coefficient (Wildman–Crippen LogP) is 3.36. The molecule has 1 aromatic carbocycles. The molecule has 0 aliphatic rings. The highest BCUT2D eigenvalue weighted by atomic mass is 32.1. The Labute approximate surface area is 113 Å². The van der Waals surface area contributed by atoms with Crippen LogP contribution in [0.15, 0.2) is 36.5 Å². The van der Waals surface area contributed by atoms with Crippen molar-refractivity contribution in [2.45, 2.75) is 6.92 Å². The molecule has 19 heavy (non-hydrogen) atoms. The van der Waals surface area contributed by atoms with Gasteiger partial charge in [0.1, 0.15) is 0 Å². The number of carboxylic acids is 1. The highest BCUT2D eigenvalue weighted by molar-refractivity contribution is 7.18. The van der Waals surface area contributed by atoms with Crippen molar-refractivity contribution in [3.8, 4) is 11.3 Å². The molecule has 0 saturated carbocycles. The van der Waals surface area contributed by atoms with E-state index < -0.39 is 5.97 Å².